The van der Waals surface area contributed by atoms with Gasteiger partial charge in [0.05, 0.1) is 29.7 Å². The van der Waals surface area contributed by atoms with E-state index in [4.69, 9.17) is 23.8 Å². The molecule has 13 nitrogen and oxygen atoms in total. The number of hydrogen-bond acceptors (Lipinski definition) is 9. The summed E-state index contributed by atoms with van der Waals surface area (Å²) in [5.41, 5.74) is 1.31. The van der Waals surface area contributed by atoms with E-state index in [9.17, 15) is 14.4 Å². The predicted octanol–water partition coefficient (Wildman–Crippen LogP) is 5.88. The number of carbonyl (C=O) groups excluding carboxylic acids is 3. The first kappa shape index (κ1) is 38.9. The molecular formula is C43H53BN6O7. The Kier molecular flexibility index (Phi) is 10.5. The lowest BCUT2D eigenvalue weighted by molar-refractivity contribution is -0.199. The molecule has 2 aromatic carbocycles. The zero-order valence-corrected chi connectivity index (χ0v) is 33.6. The van der Waals surface area contributed by atoms with E-state index in [2.05, 4.69) is 36.4 Å². The van der Waals surface area contributed by atoms with E-state index in [0.717, 1.165) is 29.3 Å². The van der Waals surface area contributed by atoms with Crippen molar-refractivity contribution in [3.8, 4) is 11.6 Å². The fraction of sp³-hybridized carbons (Fsp3) is 0.512. The van der Waals surface area contributed by atoms with Crippen LogP contribution in [-0.2, 0) is 30.2 Å². The van der Waals surface area contributed by atoms with Crippen molar-refractivity contribution in [2.45, 2.75) is 110 Å². The Morgan fingerprint density at radius 1 is 1.02 bits per heavy atom. The molecule has 2 aliphatic heterocycles. The average Bonchev–Trinajstić information content (AvgIpc) is 3.97. The first-order valence-corrected chi connectivity index (χ1v) is 20.3. The summed E-state index contributed by atoms with van der Waals surface area (Å²) in [6.45, 7) is 12.7. The number of aromatic nitrogens is 3. The van der Waals surface area contributed by atoms with Gasteiger partial charge in [0.25, 0.3) is 0 Å². The molecule has 9 rings (SSSR count). The van der Waals surface area contributed by atoms with Crippen molar-refractivity contribution in [3.05, 3.63) is 84.9 Å². The molecule has 2 bridgehead atoms. The van der Waals surface area contributed by atoms with Gasteiger partial charge in [-0.1, -0.05) is 77.1 Å². The van der Waals surface area contributed by atoms with Crippen LogP contribution in [0.25, 0.3) is 16.7 Å². The highest BCUT2D eigenvalue weighted by molar-refractivity contribution is 6.47. The Morgan fingerprint density at radius 2 is 1.79 bits per heavy atom. The Morgan fingerprint density at radius 3 is 2.51 bits per heavy atom. The van der Waals surface area contributed by atoms with Crippen LogP contribution >= 0.6 is 0 Å². The maximum atomic E-state index is 14.6. The minimum absolute atomic E-state index is 0.0329. The summed E-state index contributed by atoms with van der Waals surface area (Å²) in [4.78, 5) is 52.8. The van der Waals surface area contributed by atoms with Crippen molar-refractivity contribution in [2.75, 3.05) is 6.54 Å². The molecule has 3 amide bonds. The van der Waals surface area contributed by atoms with E-state index in [1.807, 2.05) is 87.6 Å². The van der Waals surface area contributed by atoms with Gasteiger partial charge in [0.1, 0.15) is 42.7 Å². The number of alkyl carbamates (subject to hydrolysis) is 1. The number of pyridine rings is 1. The number of amides is 3. The predicted molar refractivity (Wildman–Crippen MR) is 214 cm³/mol. The molecule has 1 unspecified atom stereocenters. The van der Waals surface area contributed by atoms with E-state index in [0.29, 0.717) is 29.8 Å². The van der Waals surface area contributed by atoms with E-state index in [1.54, 1.807) is 22.0 Å². The van der Waals surface area contributed by atoms with Crippen LogP contribution in [0.5, 0.6) is 5.75 Å². The highest BCUT2D eigenvalue weighted by Gasteiger charge is 2.68. The maximum absolute atomic E-state index is 14.6. The van der Waals surface area contributed by atoms with Gasteiger partial charge < -0.3 is 34.3 Å². The first-order chi connectivity index (χ1) is 27.3. The lowest BCUT2D eigenvalue weighted by Crippen LogP contribution is -2.65. The van der Waals surface area contributed by atoms with Gasteiger partial charge in [-0.25, -0.2) is 14.8 Å². The number of fused-ring (bicyclic) bond motifs is 1. The number of likely N-dealkylation sites (tertiary alicyclic amines) is 1. The van der Waals surface area contributed by atoms with Crippen molar-refractivity contribution in [1.29, 1.82) is 0 Å². The number of imidazole rings is 1. The zero-order chi connectivity index (χ0) is 40.1. The number of ether oxygens (including phenoxy) is 2. The van der Waals surface area contributed by atoms with Gasteiger partial charge in [0, 0.05) is 30.3 Å². The number of carbonyl (C=O) groups is 3. The van der Waals surface area contributed by atoms with Gasteiger partial charge in [-0.3, -0.25) is 14.2 Å². The Hall–Kier alpha value is -4.95. The Labute approximate surface area is 334 Å². The van der Waals surface area contributed by atoms with Crippen molar-refractivity contribution >= 4 is 35.9 Å². The number of hydrogen-bond donors (Lipinski definition) is 2. The Balaban J connectivity index is 1.04. The quantitative estimate of drug-likeness (QED) is 0.169. The topological polar surface area (TPSA) is 146 Å². The number of rotatable bonds is 12. The van der Waals surface area contributed by atoms with Crippen LogP contribution in [-0.4, -0.2) is 86.8 Å². The fourth-order valence-electron chi connectivity index (χ4n) is 9.61. The van der Waals surface area contributed by atoms with Crippen molar-refractivity contribution in [1.82, 2.24) is 30.1 Å². The molecule has 300 valence electrons. The summed E-state index contributed by atoms with van der Waals surface area (Å²) in [6.07, 6.45) is 6.71. The Bertz CT molecular complexity index is 2100. The summed E-state index contributed by atoms with van der Waals surface area (Å²) in [7, 11) is -0.615. The van der Waals surface area contributed by atoms with Gasteiger partial charge in [-0.05, 0) is 67.1 Å². The van der Waals surface area contributed by atoms with Crippen LogP contribution in [0.4, 0.5) is 4.79 Å². The van der Waals surface area contributed by atoms with E-state index in [-0.39, 0.29) is 42.9 Å². The SMILES string of the molecule is CC[C@H](NC(=O)[C@@H]1C[C@@H](Oc2cc(-n3ccnc3)nc3ccccc23)CN1C(=O)[C@@H](NC(=O)OCc1ccccc1)C(C)C)B1OC2C[C@H]3C[C@H](C3(C)C)[C@]2(C)O1. The molecule has 57 heavy (non-hydrogen) atoms. The monoisotopic (exact) mass is 776 g/mol. The first-order valence-electron chi connectivity index (χ1n) is 20.3. The summed E-state index contributed by atoms with van der Waals surface area (Å²) >= 11 is 0. The third-order valence-corrected chi connectivity index (χ3v) is 13.1. The van der Waals surface area contributed by atoms with Crippen LogP contribution in [0.2, 0.25) is 0 Å². The van der Waals surface area contributed by atoms with Gasteiger partial charge in [0.2, 0.25) is 11.8 Å². The van der Waals surface area contributed by atoms with Crippen LogP contribution in [0.3, 0.4) is 0 Å². The lowest BCUT2D eigenvalue weighted by Gasteiger charge is -2.64. The zero-order valence-electron chi connectivity index (χ0n) is 33.6. The lowest BCUT2D eigenvalue weighted by atomic mass is 9.43. The second kappa shape index (κ2) is 15.4. The number of nitrogens with zero attached hydrogens (tertiary/aromatic N) is 4. The van der Waals surface area contributed by atoms with Crippen LogP contribution in [0.1, 0.15) is 72.8 Å². The molecule has 2 N–H and O–H groups in total. The van der Waals surface area contributed by atoms with E-state index in [1.165, 1.54) is 0 Å². The molecule has 5 aliphatic rings. The fourth-order valence-corrected chi connectivity index (χ4v) is 9.61. The number of benzene rings is 2. The van der Waals surface area contributed by atoms with Crippen molar-refractivity contribution < 1.29 is 33.2 Å². The third kappa shape index (κ3) is 7.38. The molecule has 3 saturated carbocycles. The summed E-state index contributed by atoms with van der Waals surface area (Å²) in [5.74, 6) is 0.700. The third-order valence-electron chi connectivity index (χ3n) is 13.1. The van der Waals surface area contributed by atoms with Crippen LogP contribution in [0.15, 0.2) is 79.4 Å². The standard InChI is InChI=1S/C43H53BN6O7/c1-7-36(44-56-35-20-28-19-34(42(28,4)5)43(35,6)57-44)47-39(51)32-21-29(55-33-22-37(49-18-17-45-25-49)46-31-16-12-11-15-30(31)33)23-50(32)40(52)38(26(2)3)48-41(53)54-24-27-13-9-8-10-14-27/h8-18,22,25-26,28-29,32,34-36,38H,7,19-21,23-24H2,1-6H3,(H,47,51)(H,48,53)/t28-,29-,32+,34-,35?,36+,38+,43+/m1/s1. The molecule has 5 fully saturated rings. The minimum atomic E-state index is -0.960. The molecule has 8 atom stereocenters. The summed E-state index contributed by atoms with van der Waals surface area (Å²) < 4.78 is 27.4. The smallest absolute Gasteiger partial charge is 0.481 e. The second-order valence-corrected chi connectivity index (χ2v) is 17.2. The van der Waals surface area contributed by atoms with Crippen molar-refractivity contribution in [3.63, 3.8) is 0 Å². The van der Waals surface area contributed by atoms with Crippen molar-refractivity contribution in [2.24, 2.45) is 23.2 Å². The van der Waals surface area contributed by atoms with Gasteiger partial charge in [-0.2, -0.15) is 0 Å². The minimum Gasteiger partial charge on any atom is -0.488 e. The second-order valence-electron chi connectivity index (χ2n) is 17.2. The number of para-hydroxylation sites is 1. The van der Waals surface area contributed by atoms with Crippen LogP contribution in [0, 0.1) is 23.2 Å². The normalized spacial score (nSPS) is 27.0. The molecule has 2 aromatic heterocycles. The highest BCUT2D eigenvalue weighted by atomic mass is 16.7. The molecule has 14 heteroatoms. The molecule has 4 heterocycles. The van der Waals surface area contributed by atoms with E-state index < -0.39 is 48.8 Å². The molecule has 2 saturated heterocycles. The summed E-state index contributed by atoms with van der Waals surface area (Å²) in [6, 6.07) is 17.0. The van der Waals surface area contributed by atoms with Crippen LogP contribution < -0.4 is 15.4 Å². The molecule has 0 spiro atoms. The molecule has 3 aliphatic carbocycles. The van der Waals surface area contributed by atoms with Gasteiger partial charge in [-0.15, -0.1) is 0 Å². The summed E-state index contributed by atoms with van der Waals surface area (Å²) in [5, 5.41) is 6.83. The maximum Gasteiger partial charge on any atom is 0.481 e. The average molecular weight is 777 g/mol. The van der Waals surface area contributed by atoms with Gasteiger partial charge in [0.15, 0.2) is 0 Å². The molecule has 0 radical (unpaired) electrons. The number of nitrogens with one attached hydrogen (secondary N) is 2. The largest absolute Gasteiger partial charge is 0.488 e. The molecular weight excluding hydrogens is 723 g/mol. The van der Waals surface area contributed by atoms with Gasteiger partial charge >= 0.3 is 13.2 Å². The van der Waals surface area contributed by atoms with E-state index >= 15 is 0 Å². The highest BCUT2D eigenvalue weighted by Crippen LogP contribution is 2.65. The molecule has 4 aromatic rings.